The maximum atomic E-state index is 12.7. The Kier molecular flexibility index (Phi) is 5.07. The lowest BCUT2D eigenvalue weighted by Crippen LogP contribution is -2.32. The van der Waals surface area contributed by atoms with Gasteiger partial charge in [-0.15, -0.1) is 0 Å². The first-order valence-corrected chi connectivity index (χ1v) is 9.37. The van der Waals surface area contributed by atoms with Gasteiger partial charge in [0.15, 0.2) is 5.65 Å². The van der Waals surface area contributed by atoms with Crippen LogP contribution in [0.3, 0.4) is 0 Å². The summed E-state index contributed by atoms with van der Waals surface area (Å²) in [5.74, 6) is 0.569. The molecule has 0 atom stereocenters. The third kappa shape index (κ3) is 3.88. The Bertz CT molecular complexity index is 1010. The van der Waals surface area contributed by atoms with Crippen molar-refractivity contribution in [3.05, 3.63) is 53.1 Å². The molecule has 10 heteroatoms. The molecule has 0 radical (unpaired) electrons. The third-order valence-electron chi connectivity index (χ3n) is 4.81. The van der Waals surface area contributed by atoms with Crippen LogP contribution in [0.5, 0.6) is 0 Å². The van der Waals surface area contributed by atoms with Crippen LogP contribution in [0.15, 0.2) is 42.7 Å². The van der Waals surface area contributed by atoms with Crippen LogP contribution in [0.4, 0.5) is 19.0 Å². The van der Waals surface area contributed by atoms with Crippen LogP contribution in [0.25, 0.3) is 5.65 Å². The average Bonchev–Trinajstić information content (AvgIpc) is 2.84. The van der Waals surface area contributed by atoms with Crippen molar-refractivity contribution in [1.29, 1.82) is 0 Å². The number of pyridine rings is 2. The number of hydrogen-bond donors (Lipinski definition) is 0. The van der Waals surface area contributed by atoms with E-state index in [9.17, 15) is 13.2 Å². The minimum Gasteiger partial charge on any atom is -0.355 e. The van der Waals surface area contributed by atoms with Crippen molar-refractivity contribution in [1.82, 2.24) is 24.1 Å². The monoisotopic (exact) mass is 408 g/mol. The van der Waals surface area contributed by atoms with E-state index in [-0.39, 0.29) is 0 Å². The van der Waals surface area contributed by atoms with E-state index in [2.05, 4.69) is 15.0 Å². The van der Waals surface area contributed by atoms with E-state index in [0.29, 0.717) is 23.8 Å². The molecule has 3 aromatic rings. The van der Waals surface area contributed by atoms with Crippen molar-refractivity contribution in [3.8, 4) is 0 Å². The second-order valence-corrected chi connectivity index (χ2v) is 7.08. The molecule has 0 spiro atoms. The van der Waals surface area contributed by atoms with Gasteiger partial charge in [0.1, 0.15) is 5.82 Å². The molecule has 3 aromatic heterocycles. The molecule has 1 aliphatic rings. The number of fused-ring (bicyclic) bond motifs is 1. The van der Waals surface area contributed by atoms with Crippen LogP contribution in [0, 0.1) is 4.77 Å². The number of alkyl halides is 3. The van der Waals surface area contributed by atoms with Gasteiger partial charge in [-0.3, -0.25) is 9.30 Å². The summed E-state index contributed by atoms with van der Waals surface area (Å²) in [6, 6.07) is 8.27. The highest BCUT2D eigenvalue weighted by Gasteiger charge is 2.31. The van der Waals surface area contributed by atoms with Crippen molar-refractivity contribution in [2.24, 2.45) is 0 Å². The first-order valence-electron chi connectivity index (χ1n) is 8.96. The van der Waals surface area contributed by atoms with Crippen molar-refractivity contribution in [2.75, 3.05) is 31.1 Å². The predicted molar refractivity (Wildman–Crippen MR) is 102 cm³/mol. The first kappa shape index (κ1) is 18.9. The van der Waals surface area contributed by atoms with Gasteiger partial charge in [-0.05, 0) is 42.9 Å². The van der Waals surface area contributed by atoms with Gasteiger partial charge in [0.25, 0.3) is 0 Å². The smallest absolute Gasteiger partial charge is 0.355 e. The molecule has 1 fully saturated rings. The summed E-state index contributed by atoms with van der Waals surface area (Å²) in [5.41, 5.74) is 0.0758. The summed E-state index contributed by atoms with van der Waals surface area (Å²) in [7, 11) is 0. The van der Waals surface area contributed by atoms with E-state index < -0.39 is 11.7 Å². The molecular formula is C18H19F3N6S. The summed E-state index contributed by atoms with van der Waals surface area (Å²) in [4.78, 5) is 8.27. The number of nitrogens with zero attached hydrogens (tertiary/aromatic N) is 6. The molecule has 148 valence electrons. The molecule has 0 aliphatic carbocycles. The summed E-state index contributed by atoms with van der Waals surface area (Å²) < 4.78 is 42.5. The fourth-order valence-corrected chi connectivity index (χ4v) is 3.58. The summed E-state index contributed by atoms with van der Waals surface area (Å²) >= 11 is 5.50. The van der Waals surface area contributed by atoms with Gasteiger partial charge in [-0.1, -0.05) is 6.07 Å². The van der Waals surface area contributed by atoms with Gasteiger partial charge in [0, 0.05) is 38.6 Å². The highest BCUT2D eigenvalue weighted by atomic mass is 32.1. The zero-order valence-corrected chi connectivity index (χ0v) is 15.8. The van der Waals surface area contributed by atoms with Crippen LogP contribution in [-0.4, -0.2) is 50.2 Å². The van der Waals surface area contributed by atoms with Crippen LogP contribution in [0.1, 0.15) is 12.0 Å². The van der Waals surface area contributed by atoms with Gasteiger partial charge in [0.05, 0.1) is 12.2 Å². The van der Waals surface area contributed by atoms with Crippen molar-refractivity contribution in [3.63, 3.8) is 0 Å². The Morgan fingerprint density at radius 3 is 2.61 bits per heavy atom. The third-order valence-corrected chi connectivity index (χ3v) is 5.22. The van der Waals surface area contributed by atoms with Gasteiger partial charge in [0.2, 0.25) is 4.77 Å². The SMILES string of the molecule is FC(F)(F)c1ccc(N2CCCN(Cn3nc4ccccn4c3=S)CC2)nc1. The van der Waals surface area contributed by atoms with Gasteiger partial charge >= 0.3 is 6.18 Å². The van der Waals surface area contributed by atoms with Crippen molar-refractivity contribution >= 4 is 23.7 Å². The Morgan fingerprint density at radius 1 is 1.04 bits per heavy atom. The predicted octanol–water partition coefficient (Wildman–Crippen LogP) is 3.45. The molecule has 0 bridgehead atoms. The molecule has 4 heterocycles. The molecule has 0 unspecified atom stereocenters. The zero-order chi connectivity index (χ0) is 19.7. The minimum absolute atomic E-state index is 0.569. The molecule has 28 heavy (non-hydrogen) atoms. The van der Waals surface area contributed by atoms with Crippen molar-refractivity contribution < 1.29 is 13.2 Å². The Labute approximate surface area is 164 Å². The maximum Gasteiger partial charge on any atom is 0.417 e. The lowest BCUT2D eigenvalue weighted by atomic mass is 10.2. The zero-order valence-electron chi connectivity index (χ0n) is 15.0. The van der Waals surface area contributed by atoms with E-state index in [0.717, 1.165) is 44.0 Å². The quantitative estimate of drug-likeness (QED) is 0.621. The van der Waals surface area contributed by atoms with Crippen LogP contribution in [0.2, 0.25) is 0 Å². The molecule has 4 rings (SSSR count). The normalized spacial score (nSPS) is 16.5. The fraction of sp³-hybridized carbons (Fsp3) is 0.389. The highest BCUT2D eigenvalue weighted by Crippen LogP contribution is 2.29. The summed E-state index contributed by atoms with van der Waals surface area (Å²) in [5, 5.41) is 4.55. The van der Waals surface area contributed by atoms with Crippen LogP contribution >= 0.6 is 12.2 Å². The first-order chi connectivity index (χ1) is 13.4. The van der Waals surface area contributed by atoms with Gasteiger partial charge < -0.3 is 4.90 Å². The Hall–Kier alpha value is -2.46. The van der Waals surface area contributed by atoms with E-state index in [1.165, 1.54) is 6.07 Å². The van der Waals surface area contributed by atoms with Crippen molar-refractivity contribution in [2.45, 2.75) is 19.3 Å². The standard InChI is InChI=1S/C18H19F3N6S/c19-18(20,21)14-5-6-15(22-12-14)25-8-3-7-24(10-11-25)13-27-17(28)26-9-2-1-4-16(26)23-27/h1-2,4-6,9,12H,3,7-8,10-11,13H2. The van der Waals surface area contributed by atoms with Crippen LogP contribution in [-0.2, 0) is 12.8 Å². The van der Waals surface area contributed by atoms with E-state index in [1.807, 2.05) is 33.7 Å². The van der Waals surface area contributed by atoms with Gasteiger partial charge in [-0.2, -0.15) is 18.3 Å². The van der Waals surface area contributed by atoms with Crippen LogP contribution < -0.4 is 4.90 Å². The number of aromatic nitrogens is 4. The molecule has 0 saturated carbocycles. The van der Waals surface area contributed by atoms with Gasteiger partial charge in [-0.25, -0.2) is 9.67 Å². The molecule has 1 saturated heterocycles. The lowest BCUT2D eigenvalue weighted by molar-refractivity contribution is -0.137. The average molecular weight is 408 g/mol. The molecule has 0 amide bonds. The minimum atomic E-state index is -4.37. The van der Waals surface area contributed by atoms with E-state index in [4.69, 9.17) is 12.2 Å². The summed E-state index contributed by atoms with van der Waals surface area (Å²) in [6.45, 7) is 3.60. The number of anilines is 1. The molecule has 0 N–H and O–H groups in total. The lowest BCUT2D eigenvalue weighted by Gasteiger charge is -2.23. The maximum absolute atomic E-state index is 12.7. The van der Waals surface area contributed by atoms with E-state index in [1.54, 1.807) is 4.68 Å². The highest BCUT2D eigenvalue weighted by molar-refractivity contribution is 7.71. The second-order valence-electron chi connectivity index (χ2n) is 6.71. The molecule has 6 nitrogen and oxygen atoms in total. The second kappa shape index (κ2) is 7.51. The molecular weight excluding hydrogens is 389 g/mol. The Balaban J connectivity index is 1.43. The van der Waals surface area contributed by atoms with E-state index >= 15 is 0 Å². The number of rotatable bonds is 3. The number of halogens is 3. The fourth-order valence-electron chi connectivity index (χ4n) is 3.33. The Morgan fingerprint density at radius 2 is 1.89 bits per heavy atom. The molecule has 0 aromatic carbocycles. The largest absolute Gasteiger partial charge is 0.417 e. The number of hydrogen-bond acceptors (Lipinski definition) is 5. The summed E-state index contributed by atoms with van der Waals surface area (Å²) in [6.07, 6.45) is -0.701. The molecule has 1 aliphatic heterocycles. The topological polar surface area (TPSA) is 41.6 Å².